The third-order valence-corrected chi connectivity index (χ3v) is 4.09. The topological polar surface area (TPSA) is 92.3 Å². The third-order valence-electron chi connectivity index (χ3n) is 4.09. The van der Waals surface area contributed by atoms with Crippen LogP contribution in [0.1, 0.15) is 18.4 Å². The molecule has 24 heavy (non-hydrogen) atoms. The number of hydrogen-bond donors (Lipinski definition) is 2. The fourth-order valence-corrected chi connectivity index (χ4v) is 2.74. The molecule has 1 fully saturated rings. The van der Waals surface area contributed by atoms with Gasteiger partial charge in [0.05, 0.1) is 18.1 Å². The number of rotatable bonds is 4. The van der Waals surface area contributed by atoms with Gasteiger partial charge in [0.25, 0.3) is 0 Å². The first-order chi connectivity index (χ1) is 11.6. The molecule has 2 heterocycles. The molecule has 0 atom stereocenters. The molecular formula is C18H20N4O2. The number of aromatic nitrogens is 2. The Hall–Kier alpha value is -2.73. The summed E-state index contributed by atoms with van der Waals surface area (Å²) in [7, 11) is 0. The lowest BCUT2D eigenvalue weighted by atomic mass is 10.1. The van der Waals surface area contributed by atoms with Crippen LogP contribution in [0.3, 0.4) is 0 Å². The molecule has 0 saturated carbocycles. The zero-order valence-electron chi connectivity index (χ0n) is 13.3. The second-order valence-electron chi connectivity index (χ2n) is 5.88. The van der Waals surface area contributed by atoms with Crippen LogP contribution in [0.25, 0.3) is 17.3 Å². The van der Waals surface area contributed by atoms with Crippen LogP contribution in [-0.4, -0.2) is 40.2 Å². The fourth-order valence-electron chi connectivity index (χ4n) is 2.74. The molecule has 0 spiro atoms. The summed E-state index contributed by atoms with van der Waals surface area (Å²) in [5.41, 5.74) is 8.44. The molecular weight excluding hydrogens is 304 g/mol. The van der Waals surface area contributed by atoms with Crippen LogP contribution in [0.5, 0.6) is 0 Å². The van der Waals surface area contributed by atoms with Crippen molar-refractivity contribution in [3.8, 4) is 11.3 Å². The molecule has 0 aliphatic carbocycles. The molecule has 6 heteroatoms. The Bertz CT molecular complexity index is 752. The molecule has 6 nitrogen and oxygen atoms in total. The summed E-state index contributed by atoms with van der Waals surface area (Å²) in [6.07, 6.45) is 8.10. The lowest BCUT2D eigenvalue weighted by molar-refractivity contribution is -0.131. The molecule has 0 unspecified atom stereocenters. The van der Waals surface area contributed by atoms with Gasteiger partial charge in [-0.2, -0.15) is 0 Å². The van der Waals surface area contributed by atoms with E-state index in [4.69, 9.17) is 15.8 Å². The molecule has 3 N–H and O–H groups in total. The maximum Gasteiger partial charge on any atom is 0.328 e. The van der Waals surface area contributed by atoms with Crippen LogP contribution in [0.15, 0.2) is 42.7 Å². The van der Waals surface area contributed by atoms with E-state index in [0.717, 1.165) is 54.6 Å². The fraction of sp³-hybridized carbons (Fsp3) is 0.278. The first-order valence-electron chi connectivity index (χ1n) is 7.96. The molecule has 0 radical (unpaired) electrons. The van der Waals surface area contributed by atoms with Gasteiger partial charge in [-0.25, -0.2) is 9.78 Å². The van der Waals surface area contributed by atoms with Gasteiger partial charge in [0.15, 0.2) is 0 Å². The Labute approximate surface area is 140 Å². The second kappa shape index (κ2) is 7.23. The Kier molecular flexibility index (Phi) is 4.86. The van der Waals surface area contributed by atoms with Gasteiger partial charge >= 0.3 is 5.97 Å². The average Bonchev–Trinajstić information content (AvgIpc) is 2.61. The zero-order chi connectivity index (χ0) is 16.9. The number of carboxylic acid groups (broad SMARTS) is 1. The molecule has 3 rings (SSSR count). The Morgan fingerprint density at radius 1 is 1.29 bits per heavy atom. The van der Waals surface area contributed by atoms with Crippen molar-refractivity contribution >= 4 is 17.9 Å². The van der Waals surface area contributed by atoms with Gasteiger partial charge in [-0.3, -0.25) is 4.98 Å². The summed E-state index contributed by atoms with van der Waals surface area (Å²) >= 11 is 0. The van der Waals surface area contributed by atoms with E-state index in [9.17, 15) is 4.79 Å². The van der Waals surface area contributed by atoms with Gasteiger partial charge in [-0.15, -0.1) is 0 Å². The lowest BCUT2D eigenvalue weighted by Gasteiger charge is -2.30. The van der Waals surface area contributed by atoms with E-state index in [1.54, 1.807) is 18.5 Å². The third kappa shape index (κ3) is 3.97. The number of benzene rings is 1. The zero-order valence-corrected chi connectivity index (χ0v) is 13.3. The lowest BCUT2D eigenvalue weighted by Crippen LogP contribution is -2.40. The molecule has 1 aromatic heterocycles. The van der Waals surface area contributed by atoms with E-state index in [-0.39, 0.29) is 6.04 Å². The summed E-state index contributed by atoms with van der Waals surface area (Å²) < 4.78 is 0. The van der Waals surface area contributed by atoms with Crippen LogP contribution >= 0.6 is 0 Å². The smallest absolute Gasteiger partial charge is 0.328 e. The minimum Gasteiger partial charge on any atom is -0.478 e. The number of hydrogen-bond acceptors (Lipinski definition) is 5. The quantitative estimate of drug-likeness (QED) is 0.837. The monoisotopic (exact) mass is 324 g/mol. The maximum atomic E-state index is 10.6. The van der Waals surface area contributed by atoms with Crippen molar-refractivity contribution in [2.75, 3.05) is 18.0 Å². The molecule has 2 aromatic rings. The van der Waals surface area contributed by atoms with Crippen LogP contribution in [0, 0.1) is 0 Å². The van der Waals surface area contributed by atoms with E-state index < -0.39 is 5.97 Å². The Morgan fingerprint density at radius 2 is 2.08 bits per heavy atom. The van der Waals surface area contributed by atoms with E-state index in [2.05, 4.69) is 9.88 Å². The highest BCUT2D eigenvalue weighted by Crippen LogP contribution is 2.22. The number of piperidine rings is 1. The SMILES string of the molecule is NC1CCN(c2cncc(-c3cccc(/C=C/C(=O)O)c3)n2)CC1. The summed E-state index contributed by atoms with van der Waals surface area (Å²) in [4.78, 5) is 21.9. The van der Waals surface area contributed by atoms with Gasteiger partial charge in [0.1, 0.15) is 5.82 Å². The second-order valence-corrected chi connectivity index (χ2v) is 5.88. The van der Waals surface area contributed by atoms with Crippen LogP contribution in [0.2, 0.25) is 0 Å². The first kappa shape index (κ1) is 16.1. The number of anilines is 1. The largest absolute Gasteiger partial charge is 0.478 e. The van der Waals surface area contributed by atoms with Crippen molar-refractivity contribution in [3.05, 3.63) is 48.3 Å². The molecule has 0 bridgehead atoms. The van der Waals surface area contributed by atoms with Crippen LogP contribution < -0.4 is 10.6 Å². The first-order valence-corrected chi connectivity index (χ1v) is 7.96. The highest BCUT2D eigenvalue weighted by molar-refractivity contribution is 5.85. The molecule has 1 aromatic carbocycles. The molecule has 1 aliphatic rings. The van der Waals surface area contributed by atoms with E-state index >= 15 is 0 Å². The Morgan fingerprint density at radius 3 is 2.83 bits per heavy atom. The standard InChI is InChI=1S/C18H20N4O2/c19-15-6-8-22(9-7-15)17-12-20-11-16(21-17)14-3-1-2-13(10-14)4-5-18(23)24/h1-5,10-12,15H,6-9,19H2,(H,23,24)/b5-4+. The normalized spacial score (nSPS) is 15.8. The predicted octanol–water partition coefficient (Wildman–Crippen LogP) is 2.17. The number of carbonyl (C=O) groups is 1. The minimum absolute atomic E-state index is 0.273. The number of nitrogens with zero attached hydrogens (tertiary/aromatic N) is 3. The highest BCUT2D eigenvalue weighted by atomic mass is 16.4. The maximum absolute atomic E-state index is 10.6. The van der Waals surface area contributed by atoms with Crippen molar-refractivity contribution in [3.63, 3.8) is 0 Å². The Balaban J connectivity index is 1.83. The van der Waals surface area contributed by atoms with Crippen molar-refractivity contribution in [2.24, 2.45) is 5.73 Å². The van der Waals surface area contributed by atoms with Crippen LogP contribution in [0.4, 0.5) is 5.82 Å². The van der Waals surface area contributed by atoms with Gasteiger partial charge in [-0.1, -0.05) is 18.2 Å². The molecule has 0 amide bonds. The summed E-state index contributed by atoms with van der Waals surface area (Å²) in [5.74, 6) is -0.114. The van der Waals surface area contributed by atoms with Crippen molar-refractivity contribution < 1.29 is 9.90 Å². The number of nitrogens with two attached hydrogens (primary N) is 1. The van der Waals surface area contributed by atoms with Crippen molar-refractivity contribution in [2.45, 2.75) is 18.9 Å². The highest BCUT2D eigenvalue weighted by Gasteiger charge is 2.17. The summed E-state index contributed by atoms with van der Waals surface area (Å²) in [5, 5.41) is 8.74. The molecule has 124 valence electrons. The van der Waals surface area contributed by atoms with Gasteiger partial charge in [0, 0.05) is 30.8 Å². The molecule has 1 saturated heterocycles. The number of carboxylic acids is 1. The van der Waals surface area contributed by atoms with Gasteiger partial charge in [-0.05, 0) is 30.5 Å². The van der Waals surface area contributed by atoms with E-state index in [1.165, 1.54) is 0 Å². The predicted molar refractivity (Wildman–Crippen MR) is 93.6 cm³/mol. The minimum atomic E-state index is -0.967. The number of aliphatic carboxylic acids is 1. The molecule has 1 aliphatic heterocycles. The van der Waals surface area contributed by atoms with E-state index in [0.29, 0.717) is 0 Å². The van der Waals surface area contributed by atoms with Crippen molar-refractivity contribution in [1.82, 2.24) is 9.97 Å². The van der Waals surface area contributed by atoms with Gasteiger partial charge in [0.2, 0.25) is 0 Å². The average molecular weight is 324 g/mol. The van der Waals surface area contributed by atoms with Crippen LogP contribution in [-0.2, 0) is 4.79 Å². The van der Waals surface area contributed by atoms with Gasteiger partial charge < -0.3 is 15.7 Å². The summed E-state index contributed by atoms with van der Waals surface area (Å²) in [6.45, 7) is 1.78. The summed E-state index contributed by atoms with van der Waals surface area (Å²) in [6, 6.07) is 7.85. The van der Waals surface area contributed by atoms with E-state index in [1.807, 2.05) is 24.3 Å². The van der Waals surface area contributed by atoms with Crippen molar-refractivity contribution in [1.29, 1.82) is 0 Å².